The Morgan fingerprint density at radius 3 is 2.60 bits per heavy atom. The van der Waals surface area contributed by atoms with Crippen LogP contribution in [0, 0.1) is 0 Å². The van der Waals surface area contributed by atoms with Crippen LogP contribution in [-0.4, -0.2) is 47.9 Å². The van der Waals surface area contributed by atoms with Gasteiger partial charge in [-0.1, -0.05) is 41.9 Å². The smallest absolute Gasteiger partial charge is 0.236 e. The van der Waals surface area contributed by atoms with Crippen molar-refractivity contribution in [2.75, 3.05) is 42.5 Å². The second-order valence-electron chi connectivity index (χ2n) is 8.93. The lowest BCUT2D eigenvalue weighted by Gasteiger charge is -2.35. The van der Waals surface area contributed by atoms with Crippen LogP contribution < -0.4 is 9.80 Å². The SMILES string of the molecule is Cl.O=C1Cc2cc(CCN3CCN(c4nsc5ccccc45)CC3)ccc2N1c1cccc(Cl)c1. The molecular weight excluding hydrogens is 499 g/mol. The van der Waals surface area contributed by atoms with Crippen LogP contribution in [0.5, 0.6) is 0 Å². The topological polar surface area (TPSA) is 39.7 Å². The Hall–Kier alpha value is -2.64. The molecule has 1 fully saturated rings. The molecule has 0 saturated carbocycles. The highest BCUT2D eigenvalue weighted by Crippen LogP contribution is 2.37. The monoisotopic (exact) mass is 524 g/mol. The van der Waals surface area contributed by atoms with E-state index >= 15 is 0 Å². The lowest BCUT2D eigenvalue weighted by atomic mass is 10.1. The largest absolute Gasteiger partial charge is 0.353 e. The van der Waals surface area contributed by atoms with E-state index in [1.54, 1.807) is 16.4 Å². The highest BCUT2D eigenvalue weighted by Gasteiger charge is 2.29. The van der Waals surface area contributed by atoms with Crippen molar-refractivity contribution in [2.45, 2.75) is 12.8 Å². The summed E-state index contributed by atoms with van der Waals surface area (Å²) < 4.78 is 5.97. The number of rotatable bonds is 5. The molecule has 3 aromatic carbocycles. The minimum atomic E-state index is 0. The van der Waals surface area contributed by atoms with Gasteiger partial charge in [0.05, 0.1) is 22.5 Å². The number of halogens is 2. The number of fused-ring (bicyclic) bond motifs is 2. The molecule has 180 valence electrons. The summed E-state index contributed by atoms with van der Waals surface area (Å²) in [7, 11) is 0. The third-order valence-corrected chi connectivity index (χ3v) is 7.84. The van der Waals surface area contributed by atoms with Crippen LogP contribution in [0.3, 0.4) is 0 Å². The zero-order valence-electron chi connectivity index (χ0n) is 19.2. The molecule has 8 heteroatoms. The first-order valence-corrected chi connectivity index (χ1v) is 12.8. The van der Waals surface area contributed by atoms with Gasteiger partial charge in [0.2, 0.25) is 5.91 Å². The van der Waals surface area contributed by atoms with Crippen LogP contribution in [0.25, 0.3) is 10.1 Å². The summed E-state index contributed by atoms with van der Waals surface area (Å²) in [6, 6.07) is 22.4. The molecule has 4 aromatic rings. The van der Waals surface area contributed by atoms with E-state index in [1.807, 2.05) is 24.3 Å². The zero-order chi connectivity index (χ0) is 23.1. The fraction of sp³-hybridized carbons (Fsp3) is 0.259. The van der Waals surface area contributed by atoms with E-state index in [1.165, 1.54) is 15.6 Å². The van der Waals surface area contributed by atoms with E-state index in [0.29, 0.717) is 11.4 Å². The molecule has 0 atom stereocenters. The lowest BCUT2D eigenvalue weighted by Crippen LogP contribution is -2.47. The Morgan fingerprint density at radius 1 is 0.943 bits per heavy atom. The number of hydrogen-bond acceptors (Lipinski definition) is 5. The molecular formula is C27H26Cl2N4OS. The van der Waals surface area contributed by atoms with Crippen molar-refractivity contribution in [1.82, 2.24) is 9.27 Å². The van der Waals surface area contributed by atoms with Crippen molar-refractivity contribution >= 4 is 68.7 Å². The van der Waals surface area contributed by atoms with Gasteiger partial charge in [0.15, 0.2) is 0 Å². The fourth-order valence-electron chi connectivity index (χ4n) is 5.00. The summed E-state index contributed by atoms with van der Waals surface area (Å²) in [4.78, 5) is 19.5. The van der Waals surface area contributed by atoms with E-state index in [-0.39, 0.29) is 18.3 Å². The van der Waals surface area contributed by atoms with Crippen LogP contribution in [-0.2, 0) is 17.6 Å². The maximum atomic E-state index is 12.7. The summed E-state index contributed by atoms with van der Waals surface area (Å²) in [5, 5.41) is 1.90. The maximum Gasteiger partial charge on any atom is 0.236 e. The van der Waals surface area contributed by atoms with Crippen LogP contribution in [0.1, 0.15) is 11.1 Å². The number of carbonyl (C=O) groups excluding carboxylic acids is 1. The van der Waals surface area contributed by atoms with E-state index < -0.39 is 0 Å². The molecule has 0 spiro atoms. The first kappa shape index (κ1) is 24.1. The normalized spacial score (nSPS) is 16.0. The predicted octanol–water partition coefficient (Wildman–Crippen LogP) is 5.96. The van der Waals surface area contributed by atoms with Gasteiger partial charge in [0, 0.05) is 43.1 Å². The second kappa shape index (κ2) is 10.2. The van der Waals surface area contributed by atoms with E-state index in [0.717, 1.165) is 61.9 Å². The third kappa shape index (κ3) is 4.76. The van der Waals surface area contributed by atoms with Gasteiger partial charge in [-0.25, -0.2) is 0 Å². The number of carbonyl (C=O) groups is 1. The quantitative estimate of drug-likeness (QED) is 0.323. The average Bonchev–Trinajstić information content (AvgIpc) is 3.43. The highest BCUT2D eigenvalue weighted by atomic mass is 35.5. The highest BCUT2D eigenvalue weighted by molar-refractivity contribution is 7.13. The maximum absolute atomic E-state index is 12.7. The molecule has 5 nitrogen and oxygen atoms in total. The molecule has 35 heavy (non-hydrogen) atoms. The van der Waals surface area contributed by atoms with Crippen LogP contribution in [0.2, 0.25) is 5.02 Å². The van der Waals surface area contributed by atoms with Gasteiger partial charge in [-0.05, 0) is 65.5 Å². The van der Waals surface area contributed by atoms with Crippen molar-refractivity contribution < 1.29 is 4.79 Å². The number of benzene rings is 3. The van der Waals surface area contributed by atoms with Crippen molar-refractivity contribution in [3.63, 3.8) is 0 Å². The van der Waals surface area contributed by atoms with E-state index in [9.17, 15) is 4.79 Å². The number of amides is 1. The molecule has 2 aliphatic rings. The second-order valence-corrected chi connectivity index (χ2v) is 10.2. The number of nitrogens with zero attached hydrogens (tertiary/aromatic N) is 4. The van der Waals surface area contributed by atoms with Crippen molar-refractivity contribution in [1.29, 1.82) is 0 Å². The number of hydrogen-bond donors (Lipinski definition) is 0. The summed E-state index contributed by atoms with van der Waals surface area (Å²) in [6.45, 7) is 5.11. The molecule has 0 aliphatic carbocycles. The fourth-order valence-corrected chi connectivity index (χ4v) is 5.98. The van der Waals surface area contributed by atoms with Crippen molar-refractivity contribution in [3.8, 4) is 0 Å². The van der Waals surface area contributed by atoms with Gasteiger partial charge in [-0.3, -0.25) is 14.6 Å². The average molecular weight is 526 g/mol. The minimum Gasteiger partial charge on any atom is -0.353 e. The number of aromatic nitrogens is 1. The Bertz CT molecular complexity index is 1370. The Labute approximate surface area is 220 Å². The molecule has 0 bridgehead atoms. The van der Waals surface area contributed by atoms with Crippen LogP contribution in [0.4, 0.5) is 17.2 Å². The summed E-state index contributed by atoms with van der Waals surface area (Å²) >= 11 is 7.74. The molecule has 1 saturated heterocycles. The van der Waals surface area contributed by atoms with E-state index in [4.69, 9.17) is 16.0 Å². The number of anilines is 3. The molecule has 1 amide bonds. The number of piperazine rings is 1. The Balaban J connectivity index is 0.00000253. The molecule has 0 unspecified atom stereocenters. The molecule has 1 aromatic heterocycles. The summed E-state index contributed by atoms with van der Waals surface area (Å²) in [6.07, 6.45) is 1.42. The van der Waals surface area contributed by atoms with Crippen LogP contribution in [0.15, 0.2) is 66.7 Å². The van der Waals surface area contributed by atoms with Crippen molar-refractivity contribution in [3.05, 3.63) is 82.9 Å². The third-order valence-electron chi connectivity index (χ3n) is 6.79. The standard InChI is InChI=1S/C27H25ClN4OS.ClH/c28-21-4-3-5-22(18-21)32-24-9-8-19(16-20(24)17-26(32)33)10-11-30-12-14-31(15-13-30)27-23-6-1-2-7-25(23)34-29-27;/h1-9,16,18H,10-15,17H2;1H. The first-order valence-electron chi connectivity index (χ1n) is 11.7. The summed E-state index contributed by atoms with van der Waals surface area (Å²) in [5.41, 5.74) is 4.19. The van der Waals surface area contributed by atoms with Gasteiger partial charge in [0.25, 0.3) is 0 Å². The molecule has 3 heterocycles. The first-order chi connectivity index (χ1) is 16.7. The molecule has 0 N–H and O–H groups in total. The van der Waals surface area contributed by atoms with Gasteiger partial charge >= 0.3 is 0 Å². The molecule has 0 radical (unpaired) electrons. The van der Waals surface area contributed by atoms with Gasteiger partial charge in [-0.2, -0.15) is 4.37 Å². The van der Waals surface area contributed by atoms with Crippen molar-refractivity contribution in [2.24, 2.45) is 0 Å². The van der Waals surface area contributed by atoms with Crippen LogP contribution >= 0.6 is 35.5 Å². The summed E-state index contributed by atoms with van der Waals surface area (Å²) in [5.74, 6) is 1.23. The Kier molecular flexibility index (Phi) is 6.98. The predicted molar refractivity (Wildman–Crippen MR) is 148 cm³/mol. The molecule has 2 aliphatic heterocycles. The minimum absolute atomic E-state index is 0. The van der Waals surface area contributed by atoms with Gasteiger partial charge in [0.1, 0.15) is 5.82 Å². The van der Waals surface area contributed by atoms with Gasteiger partial charge in [-0.15, -0.1) is 12.4 Å². The molecule has 6 rings (SSSR count). The zero-order valence-corrected chi connectivity index (χ0v) is 21.6. The van der Waals surface area contributed by atoms with Gasteiger partial charge < -0.3 is 4.90 Å². The lowest BCUT2D eigenvalue weighted by molar-refractivity contribution is -0.116. The Morgan fingerprint density at radius 2 is 1.77 bits per heavy atom. The van der Waals surface area contributed by atoms with E-state index in [2.05, 4.69) is 52.3 Å².